The summed E-state index contributed by atoms with van der Waals surface area (Å²) >= 11 is 6.64. The lowest BCUT2D eigenvalue weighted by atomic mass is 10.3. The maximum Gasteiger partial charge on any atom is 0.245 e. The highest BCUT2D eigenvalue weighted by Gasteiger charge is 2.25. The van der Waals surface area contributed by atoms with Gasteiger partial charge in [0.2, 0.25) is 10.0 Å². The zero-order chi connectivity index (χ0) is 13.2. The van der Waals surface area contributed by atoms with Gasteiger partial charge in [0, 0.05) is 19.0 Å². The summed E-state index contributed by atoms with van der Waals surface area (Å²) in [5.74, 6) is 0.262. The van der Waals surface area contributed by atoms with Crippen LogP contribution in [-0.4, -0.2) is 40.4 Å². The third-order valence-corrected chi connectivity index (χ3v) is 5.27. The fourth-order valence-electron chi connectivity index (χ4n) is 1.67. The van der Waals surface area contributed by atoms with Crippen LogP contribution in [0.5, 0.6) is 0 Å². The normalized spacial score (nSPS) is 12.4. The molecule has 0 saturated carbocycles. The van der Waals surface area contributed by atoms with Crippen LogP contribution in [0.2, 0.25) is 0 Å². The minimum Gasteiger partial charge on any atom is -0.207 e. The van der Waals surface area contributed by atoms with Crippen molar-refractivity contribution in [1.82, 2.24) is 13.1 Å². The summed E-state index contributed by atoms with van der Waals surface area (Å²) in [4.78, 5) is 0.195. The number of nitrogens with zero attached hydrogens (tertiary/aromatic N) is 3. The minimum atomic E-state index is -3.56. The molecule has 18 heavy (non-hydrogen) atoms. The third kappa shape index (κ3) is 2.35. The Balaban J connectivity index is 2.55. The Morgan fingerprint density at radius 3 is 2.83 bits per heavy atom. The van der Waals surface area contributed by atoms with Gasteiger partial charge in [0.15, 0.2) is 0 Å². The van der Waals surface area contributed by atoms with Crippen molar-refractivity contribution in [1.29, 1.82) is 0 Å². The molecular formula is C10H12ClN3O2S2. The summed E-state index contributed by atoms with van der Waals surface area (Å²) in [7, 11) is -3.56. The molecule has 8 heteroatoms. The Kier molecular flexibility index (Phi) is 4.16. The molecule has 0 fully saturated rings. The number of sulfonamides is 1. The van der Waals surface area contributed by atoms with E-state index in [-0.39, 0.29) is 17.3 Å². The van der Waals surface area contributed by atoms with Gasteiger partial charge in [-0.25, -0.2) is 8.42 Å². The van der Waals surface area contributed by atoms with Crippen molar-refractivity contribution in [2.75, 3.05) is 19.0 Å². The second-order valence-corrected chi connectivity index (χ2v) is 6.39. The van der Waals surface area contributed by atoms with Crippen molar-refractivity contribution in [2.24, 2.45) is 0 Å². The summed E-state index contributed by atoms with van der Waals surface area (Å²) in [6.45, 7) is 2.45. The Morgan fingerprint density at radius 1 is 1.39 bits per heavy atom. The Bertz CT molecular complexity index is 641. The molecule has 0 spiro atoms. The van der Waals surface area contributed by atoms with Crippen LogP contribution >= 0.6 is 23.3 Å². The number of benzene rings is 1. The van der Waals surface area contributed by atoms with E-state index in [2.05, 4.69) is 8.75 Å². The molecule has 0 aliphatic carbocycles. The molecule has 5 nitrogen and oxygen atoms in total. The van der Waals surface area contributed by atoms with Crippen LogP contribution in [0.25, 0.3) is 11.0 Å². The van der Waals surface area contributed by atoms with Crippen LogP contribution in [0.1, 0.15) is 6.92 Å². The highest BCUT2D eigenvalue weighted by molar-refractivity contribution is 7.89. The summed E-state index contributed by atoms with van der Waals surface area (Å²) in [5, 5.41) is 0. The van der Waals surface area contributed by atoms with Crippen molar-refractivity contribution < 1.29 is 8.42 Å². The zero-order valence-electron chi connectivity index (χ0n) is 9.71. The van der Waals surface area contributed by atoms with Crippen molar-refractivity contribution in [3.8, 4) is 0 Å². The number of hydrogen-bond donors (Lipinski definition) is 0. The molecule has 0 saturated heterocycles. The molecule has 0 aliphatic heterocycles. The lowest BCUT2D eigenvalue weighted by molar-refractivity contribution is 0.447. The molecule has 0 N–H and O–H groups in total. The fraction of sp³-hybridized carbons (Fsp3) is 0.400. The molecule has 1 heterocycles. The van der Waals surface area contributed by atoms with Crippen LogP contribution in [0, 0.1) is 0 Å². The Hall–Kier alpha value is -0.760. The smallest absolute Gasteiger partial charge is 0.207 e. The molecule has 0 unspecified atom stereocenters. The predicted molar refractivity (Wildman–Crippen MR) is 72.6 cm³/mol. The van der Waals surface area contributed by atoms with Gasteiger partial charge in [-0.15, -0.1) is 11.6 Å². The van der Waals surface area contributed by atoms with E-state index < -0.39 is 10.0 Å². The van der Waals surface area contributed by atoms with Gasteiger partial charge in [0.05, 0.1) is 11.7 Å². The Labute approximate surface area is 115 Å². The van der Waals surface area contributed by atoms with Gasteiger partial charge in [0.25, 0.3) is 0 Å². The molecule has 0 aliphatic rings. The minimum absolute atomic E-state index is 0.195. The van der Waals surface area contributed by atoms with Gasteiger partial charge in [-0.2, -0.15) is 13.1 Å². The quantitative estimate of drug-likeness (QED) is 0.792. The molecule has 2 rings (SSSR count). The molecule has 98 valence electrons. The summed E-state index contributed by atoms with van der Waals surface area (Å²) in [5.41, 5.74) is 1.03. The predicted octanol–water partition coefficient (Wildman–Crippen LogP) is 1.94. The van der Waals surface area contributed by atoms with Gasteiger partial charge in [-0.1, -0.05) is 13.0 Å². The van der Waals surface area contributed by atoms with Crippen molar-refractivity contribution in [2.45, 2.75) is 11.8 Å². The second-order valence-electron chi connectivity index (χ2n) is 3.57. The number of halogens is 1. The number of alkyl halides is 1. The monoisotopic (exact) mass is 305 g/mol. The number of fused-ring (bicyclic) bond motifs is 1. The largest absolute Gasteiger partial charge is 0.245 e. The number of aromatic nitrogens is 2. The number of rotatable bonds is 5. The molecule has 2 aromatic rings. The van der Waals surface area contributed by atoms with Crippen LogP contribution < -0.4 is 0 Å². The Morgan fingerprint density at radius 2 is 2.17 bits per heavy atom. The van der Waals surface area contributed by atoms with Crippen molar-refractivity contribution >= 4 is 44.4 Å². The second kappa shape index (κ2) is 5.48. The molecule has 1 aromatic carbocycles. The average molecular weight is 306 g/mol. The lowest BCUT2D eigenvalue weighted by Crippen LogP contribution is -2.32. The van der Waals surface area contributed by atoms with Gasteiger partial charge in [0.1, 0.15) is 15.9 Å². The summed E-state index contributed by atoms with van der Waals surface area (Å²) in [6.07, 6.45) is 0. The first kappa shape index (κ1) is 13.7. The van der Waals surface area contributed by atoms with Gasteiger partial charge >= 0.3 is 0 Å². The van der Waals surface area contributed by atoms with Gasteiger partial charge in [-0.05, 0) is 12.1 Å². The van der Waals surface area contributed by atoms with Crippen LogP contribution in [0.4, 0.5) is 0 Å². The topological polar surface area (TPSA) is 63.2 Å². The summed E-state index contributed by atoms with van der Waals surface area (Å²) in [6, 6.07) is 4.97. The third-order valence-electron chi connectivity index (χ3n) is 2.55. The van der Waals surface area contributed by atoms with E-state index in [4.69, 9.17) is 11.6 Å². The lowest BCUT2D eigenvalue weighted by Gasteiger charge is -2.19. The first-order valence-corrected chi connectivity index (χ1v) is 8.09. The van der Waals surface area contributed by atoms with Crippen LogP contribution in [-0.2, 0) is 10.0 Å². The maximum absolute atomic E-state index is 12.5. The van der Waals surface area contributed by atoms with Crippen molar-refractivity contribution in [3.05, 3.63) is 18.2 Å². The average Bonchev–Trinajstić information content (AvgIpc) is 2.83. The van der Waals surface area contributed by atoms with E-state index in [1.165, 1.54) is 4.31 Å². The van der Waals surface area contributed by atoms with Crippen LogP contribution in [0.3, 0.4) is 0 Å². The summed E-state index contributed by atoms with van der Waals surface area (Å²) < 4.78 is 34.4. The highest BCUT2D eigenvalue weighted by Crippen LogP contribution is 2.24. The van der Waals surface area contributed by atoms with Gasteiger partial charge in [-0.3, -0.25) is 0 Å². The highest BCUT2D eigenvalue weighted by atomic mass is 35.5. The molecule has 0 bridgehead atoms. The maximum atomic E-state index is 12.5. The molecule has 0 amide bonds. The van der Waals surface area contributed by atoms with E-state index in [0.717, 1.165) is 11.7 Å². The first-order valence-electron chi connectivity index (χ1n) is 5.38. The number of hydrogen-bond acceptors (Lipinski definition) is 5. The molecule has 0 atom stereocenters. The SMILES string of the molecule is CCN(CCCl)S(=O)(=O)c1cccc2nsnc12. The van der Waals surface area contributed by atoms with E-state index in [0.29, 0.717) is 17.6 Å². The zero-order valence-corrected chi connectivity index (χ0v) is 12.1. The molecular weight excluding hydrogens is 294 g/mol. The fourth-order valence-corrected chi connectivity index (χ4v) is 4.18. The molecule has 1 aromatic heterocycles. The van der Waals surface area contributed by atoms with Gasteiger partial charge < -0.3 is 0 Å². The van der Waals surface area contributed by atoms with E-state index >= 15 is 0 Å². The standard InChI is InChI=1S/C10H12ClN3O2S2/c1-2-14(7-6-11)18(15,16)9-5-3-4-8-10(9)13-17-12-8/h3-5H,2,6-7H2,1H3. The van der Waals surface area contributed by atoms with Crippen LogP contribution in [0.15, 0.2) is 23.1 Å². The molecule has 0 radical (unpaired) electrons. The first-order chi connectivity index (χ1) is 8.61. The van der Waals surface area contributed by atoms with E-state index in [1.807, 2.05) is 0 Å². The van der Waals surface area contributed by atoms with E-state index in [9.17, 15) is 8.42 Å². The van der Waals surface area contributed by atoms with Crippen molar-refractivity contribution in [3.63, 3.8) is 0 Å². The van der Waals surface area contributed by atoms with E-state index in [1.54, 1.807) is 25.1 Å².